The third kappa shape index (κ3) is 31.6. The molecule has 7 aromatic rings. The van der Waals surface area contributed by atoms with Crippen molar-refractivity contribution < 1.29 is 102 Å². The molecule has 28 N–H and O–H groups in total. The average Bonchev–Trinajstić information content (AvgIpc) is 1.71. The number of hydrogen-bond donors (Lipinski definition) is 28. The topological polar surface area (TPSA) is 716 Å². The van der Waals surface area contributed by atoms with Crippen molar-refractivity contribution in [2.24, 2.45) is 17.4 Å². The van der Waals surface area contributed by atoms with E-state index in [2.05, 4.69) is 135 Å². The largest absolute Gasteiger partial charge is 0.508 e. The number of carboxylic acid groups (broad SMARTS) is 2. The molecule has 684 valence electrons. The van der Waals surface area contributed by atoms with Gasteiger partial charge in [-0.3, -0.25) is 86.9 Å². The number of imidazole rings is 2. The number of guanidine groups is 1. The van der Waals surface area contributed by atoms with Gasteiger partial charge in [-0.05, 0) is 80.0 Å². The third-order valence-corrected chi connectivity index (χ3v) is 20.6. The number of carboxylic acids is 2. The number of aliphatic carboxylic acids is 2. The molecular weight excluding hydrogens is 1700 g/mol. The van der Waals surface area contributed by atoms with Gasteiger partial charge < -0.3 is 132 Å². The number of H-pyrrole nitrogens is 4. The van der Waals surface area contributed by atoms with Gasteiger partial charge >= 0.3 is 11.9 Å². The Morgan fingerprint density at radius 1 is 0.449 bits per heavy atom. The molecule has 47 heteroatoms. The lowest BCUT2D eigenvalue weighted by atomic mass is 9.99. The van der Waals surface area contributed by atoms with E-state index in [0.717, 1.165) is 13.8 Å². The van der Waals surface area contributed by atoms with Gasteiger partial charge in [0.25, 0.3) is 0 Å². The van der Waals surface area contributed by atoms with Crippen LogP contribution in [0.2, 0.25) is 0 Å². The molecule has 3 aromatic carbocycles. The van der Waals surface area contributed by atoms with Crippen LogP contribution in [0.25, 0.3) is 21.8 Å². The second kappa shape index (κ2) is 48.8. The van der Waals surface area contributed by atoms with Crippen LogP contribution in [-0.4, -0.2) is 266 Å². The smallest absolute Gasteiger partial charge is 0.305 e. The lowest BCUT2D eigenvalue weighted by molar-refractivity contribution is -0.141. The lowest BCUT2D eigenvalue weighted by Gasteiger charge is -2.29. The van der Waals surface area contributed by atoms with E-state index in [0.29, 0.717) is 38.5 Å². The molecule has 4 aromatic heterocycles. The number of fused-ring (bicyclic) bond motifs is 2. The van der Waals surface area contributed by atoms with Crippen molar-refractivity contribution in [3.05, 3.63) is 138 Å². The number of primary amides is 1. The Bertz CT molecular complexity index is 5050. The van der Waals surface area contributed by atoms with Gasteiger partial charge in [-0.2, -0.15) is 25.3 Å². The number of phenolic OH excluding ortho intramolecular Hbond substituents is 1. The van der Waals surface area contributed by atoms with Crippen LogP contribution in [0.15, 0.2) is 110 Å². The molecule has 4 heterocycles. The molecule has 0 bridgehead atoms. The molecule has 0 aliphatic rings. The number of thiol groups is 2. The zero-order valence-corrected chi connectivity index (χ0v) is 71.4. The monoisotopic (exact) mass is 1800 g/mol. The summed E-state index contributed by atoms with van der Waals surface area (Å²) in [6.45, 7) is 5.79. The van der Waals surface area contributed by atoms with Crippen molar-refractivity contribution in [1.82, 2.24) is 110 Å². The SMILES string of the molecule is CC(=O)N[C@@H](CS)C(=O)N[C@@H](C)C(=O)N[C@@H](CC(=O)O)C(=O)N[C@@H](Cc1c[nH]c2ccccc12)C(=O)N[C@H](C(=O)N[C@@H](CS)C(=O)N[C@@H](Cc1ccc(O)cc1)C(=O)N[C@@H](Cc1c[nH]c2ccccc12)C(=O)N[C@@H](Cc1cnc[nH]1)C(=O)N[C@H](C(=O)N[C@@H](Cc1cnc[nH]1)C(=O)NCC(=O)N[C@@H](CCC(=O)O)C(=O)N[C@@H](CCCNC(=N)N)C(N)=O)[C@@H](C)O)C(C)C. The van der Waals surface area contributed by atoms with Crippen LogP contribution in [0.5, 0.6) is 5.75 Å². The summed E-state index contributed by atoms with van der Waals surface area (Å²) < 4.78 is 0. The van der Waals surface area contributed by atoms with Crippen molar-refractivity contribution in [1.29, 1.82) is 5.41 Å². The van der Waals surface area contributed by atoms with Crippen LogP contribution in [0, 0.1) is 11.3 Å². The highest BCUT2D eigenvalue weighted by atomic mass is 32.1. The first-order valence-corrected chi connectivity index (χ1v) is 41.3. The number of benzene rings is 3. The van der Waals surface area contributed by atoms with Gasteiger partial charge in [0, 0.05) is 121 Å². The first kappa shape index (κ1) is 100.0. The first-order valence-electron chi connectivity index (χ1n) is 40.0. The van der Waals surface area contributed by atoms with E-state index in [1.54, 1.807) is 60.9 Å². The van der Waals surface area contributed by atoms with E-state index in [1.165, 1.54) is 70.1 Å². The van der Waals surface area contributed by atoms with E-state index in [1.807, 2.05) is 0 Å². The summed E-state index contributed by atoms with van der Waals surface area (Å²) in [4.78, 5) is 254. The molecular formula is C80H106N24O21S2. The maximum Gasteiger partial charge on any atom is 0.305 e. The summed E-state index contributed by atoms with van der Waals surface area (Å²) in [5, 5.41) is 86.7. The number of rotatable bonds is 51. The second-order valence-electron chi connectivity index (χ2n) is 30.1. The average molecular weight is 1800 g/mol. The quantitative estimate of drug-likeness (QED) is 0.00733. The van der Waals surface area contributed by atoms with E-state index < -0.39 is 229 Å². The number of aliphatic hydroxyl groups is 1. The van der Waals surface area contributed by atoms with Crippen molar-refractivity contribution in [2.75, 3.05) is 24.6 Å². The number of phenols is 1. The highest BCUT2D eigenvalue weighted by Crippen LogP contribution is 2.23. The van der Waals surface area contributed by atoms with Crippen LogP contribution >= 0.6 is 25.3 Å². The molecule has 0 aliphatic carbocycles. The number of nitrogens with zero attached hydrogens (tertiary/aromatic N) is 2. The fourth-order valence-electron chi connectivity index (χ4n) is 13.1. The molecule has 0 spiro atoms. The zero-order valence-electron chi connectivity index (χ0n) is 69.6. The van der Waals surface area contributed by atoms with Crippen molar-refractivity contribution >= 4 is 154 Å². The fourth-order valence-corrected chi connectivity index (χ4v) is 13.6. The summed E-state index contributed by atoms with van der Waals surface area (Å²) in [5.41, 5.74) is 13.7. The Labute approximate surface area is 736 Å². The first-order chi connectivity index (χ1) is 60.3. The number of nitrogens with two attached hydrogens (primary N) is 2. The van der Waals surface area contributed by atoms with Gasteiger partial charge in [0.1, 0.15) is 84.3 Å². The van der Waals surface area contributed by atoms with E-state index in [9.17, 15) is 92.3 Å². The summed E-state index contributed by atoms with van der Waals surface area (Å²) in [6, 6.07) is -1.69. The molecule has 0 radical (unpaired) electrons. The highest BCUT2D eigenvalue weighted by Gasteiger charge is 2.40. The lowest BCUT2D eigenvalue weighted by Crippen LogP contribution is -2.62. The number of carbonyl (C=O) groups excluding carboxylic acids is 15. The minimum absolute atomic E-state index is 0.0541. The second-order valence-corrected chi connectivity index (χ2v) is 30.8. The Hall–Kier alpha value is -14.1. The number of nitrogens with one attached hydrogen (secondary N) is 20. The number of aromatic nitrogens is 6. The van der Waals surface area contributed by atoms with Crippen LogP contribution in [0.1, 0.15) is 94.8 Å². The minimum atomic E-state index is -1.95. The summed E-state index contributed by atoms with van der Waals surface area (Å²) in [6.07, 6.45) is 2.58. The maximum absolute atomic E-state index is 15.3. The van der Waals surface area contributed by atoms with Gasteiger partial charge in [0.2, 0.25) is 88.6 Å². The Morgan fingerprint density at radius 2 is 0.882 bits per heavy atom. The van der Waals surface area contributed by atoms with Gasteiger partial charge in [0.05, 0.1) is 31.7 Å². The molecule has 127 heavy (non-hydrogen) atoms. The number of carbonyl (C=O) groups is 17. The van der Waals surface area contributed by atoms with Crippen molar-refractivity contribution in [2.45, 2.75) is 183 Å². The fraction of sp³-hybridized carbons (Fsp3) is 0.425. The molecule has 15 amide bonds. The Kier molecular flexibility index (Phi) is 38.4. The summed E-state index contributed by atoms with van der Waals surface area (Å²) in [7, 11) is 0. The molecule has 0 unspecified atom stereocenters. The maximum atomic E-state index is 15.3. The summed E-state index contributed by atoms with van der Waals surface area (Å²) in [5.74, 6) is -20.1. The number of para-hydroxylation sites is 2. The van der Waals surface area contributed by atoms with Crippen LogP contribution < -0.4 is 91.2 Å². The molecule has 0 saturated heterocycles. The number of aromatic amines is 4. The van der Waals surface area contributed by atoms with Crippen LogP contribution in [0.4, 0.5) is 0 Å². The van der Waals surface area contributed by atoms with Gasteiger partial charge in [-0.15, -0.1) is 0 Å². The van der Waals surface area contributed by atoms with Gasteiger partial charge in [0.15, 0.2) is 5.96 Å². The molecule has 45 nitrogen and oxygen atoms in total. The van der Waals surface area contributed by atoms with E-state index in [4.69, 9.17) is 16.9 Å². The molecule has 7 rings (SSSR count). The minimum Gasteiger partial charge on any atom is -0.508 e. The third-order valence-electron chi connectivity index (χ3n) is 19.8. The number of hydrogen-bond acceptors (Lipinski definition) is 24. The van der Waals surface area contributed by atoms with Crippen LogP contribution in [0.3, 0.4) is 0 Å². The standard InChI is InChI=1S/C80H106N24O21S2/c1-38(2)65(103-74(120)56(25-44-30-88-51-14-9-7-12-49(44)51)99-73(119)59(28-64(111)112)96-68(114)39(3)92-76(122)60(34-126)93-41(5)106)78(124)102-61(35-127)77(123)97-54(23-42-16-18-47(107)19-17-42)71(117)98-55(24-43-29-87-50-13-8-6-11-48(43)50)72(118)100-58(27-46-32-85-37-91-46)75(121)104-66(40(4)105)79(125)101-57(26-45-31-84-36-90-45)69(115)89-33-62(108)94-53(20-21-63(109)110)70(116)95-52(67(81)113)15-10-22-86-80(82)83/h6-9,11-14,16-19,29-32,36-40,52-61,65-66,87-88,105,107,126-127H,10,15,20-28,33-35H2,1-5H3,(H2,81,113)(H,84,90)(H,85,91)(H,89,115)(H,92,122)(H,93,106)(H,94,108)(H,95,116)(H,96,114)(H,97,123)(H,98,117)(H,99,119)(H,100,118)(H,101,125)(H,102,124)(H,103,120)(H,104,121)(H,109,110)(H,111,112)(H4,82,83,86)/t39-,40+,52-,53-,54-,55-,56-,57-,58-,59-,60-,61-,65-,66-/m0/s1. The Balaban J connectivity index is 1.11. The number of aromatic hydroxyl groups is 1. The molecule has 0 aliphatic heterocycles. The molecule has 0 fully saturated rings. The van der Waals surface area contributed by atoms with Gasteiger partial charge in [-0.25, -0.2) is 9.97 Å². The van der Waals surface area contributed by atoms with Crippen molar-refractivity contribution in [3.8, 4) is 5.75 Å². The van der Waals surface area contributed by atoms with E-state index >= 15 is 9.59 Å². The molecule has 0 saturated carbocycles. The Morgan fingerprint density at radius 3 is 1.36 bits per heavy atom. The predicted octanol–water partition coefficient (Wildman–Crippen LogP) is -5.24. The highest BCUT2D eigenvalue weighted by molar-refractivity contribution is 7.80. The van der Waals surface area contributed by atoms with Crippen molar-refractivity contribution in [3.63, 3.8) is 0 Å². The number of aliphatic hydroxyl groups excluding tert-OH is 1. The normalized spacial score (nSPS) is 14.5. The zero-order chi connectivity index (χ0) is 93.3. The number of amides is 15. The van der Waals surface area contributed by atoms with E-state index in [-0.39, 0.29) is 73.9 Å². The van der Waals surface area contributed by atoms with Gasteiger partial charge in [-0.1, -0.05) is 62.4 Å². The molecule has 14 atom stereocenters. The van der Waals surface area contributed by atoms with Crippen LogP contribution in [-0.2, 0) is 114 Å². The predicted molar refractivity (Wildman–Crippen MR) is 462 cm³/mol. The summed E-state index contributed by atoms with van der Waals surface area (Å²) >= 11 is 8.48.